The molecule has 398 valence electrons. The van der Waals surface area contributed by atoms with Gasteiger partial charge in [-0.05, 0) is 74.8 Å². The number of amides is 9. The molecule has 24 nitrogen and oxygen atoms in total. The third kappa shape index (κ3) is 24.6. The molecule has 71 heavy (non-hydrogen) atoms. The first-order chi connectivity index (χ1) is 33.3. The Morgan fingerprint density at radius 2 is 1.01 bits per heavy atom. The normalized spacial score (nSPS) is 15.0. The lowest BCUT2D eigenvalue weighted by Gasteiger charge is -2.30. The van der Waals surface area contributed by atoms with Crippen molar-refractivity contribution in [1.82, 2.24) is 37.2 Å². The Hall–Kier alpha value is -6.69. The number of rotatable bonds is 35. The number of aliphatic carboxylic acids is 2. The van der Waals surface area contributed by atoms with E-state index in [2.05, 4.69) is 37.2 Å². The van der Waals surface area contributed by atoms with Crippen LogP contribution in [0, 0.1) is 17.8 Å². The van der Waals surface area contributed by atoms with Gasteiger partial charge in [-0.3, -0.25) is 47.9 Å². The third-order valence-electron chi connectivity index (χ3n) is 11.3. The van der Waals surface area contributed by atoms with E-state index < -0.39 is 139 Å². The van der Waals surface area contributed by atoms with Gasteiger partial charge in [-0.2, -0.15) is 0 Å². The molecule has 0 saturated carbocycles. The van der Waals surface area contributed by atoms with Gasteiger partial charge in [0, 0.05) is 19.3 Å². The van der Waals surface area contributed by atoms with Crippen LogP contribution in [0.15, 0.2) is 30.3 Å². The highest BCUT2D eigenvalue weighted by atomic mass is 16.4. The van der Waals surface area contributed by atoms with E-state index in [0.29, 0.717) is 31.4 Å². The zero-order valence-corrected chi connectivity index (χ0v) is 41.6. The number of primary amides is 2. The first-order valence-electron chi connectivity index (χ1n) is 23.9. The van der Waals surface area contributed by atoms with Crippen LogP contribution in [-0.4, -0.2) is 130 Å². The van der Waals surface area contributed by atoms with Crippen LogP contribution in [0.2, 0.25) is 0 Å². The molecule has 1 aromatic carbocycles. The van der Waals surface area contributed by atoms with Crippen LogP contribution >= 0.6 is 0 Å². The summed E-state index contributed by atoms with van der Waals surface area (Å²) in [6.07, 6.45) is -0.878. The van der Waals surface area contributed by atoms with Crippen molar-refractivity contribution in [3.8, 4) is 0 Å². The number of nitrogens with one attached hydrogen (secondary N) is 7. The molecule has 17 N–H and O–H groups in total. The van der Waals surface area contributed by atoms with Crippen LogP contribution in [0.1, 0.15) is 118 Å². The van der Waals surface area contributed by atoms with Crippen LogP contribution < -0.4 is 60.2 Å². The van der Waals surface area contributed by atoms with Crippen LogP contribution in [0.5, 0.6) is 0 Å². The Morgan fingerprint density at radius 1 is 0.535 bits per heavy atom. The van der Waals surface area contributed by atoms with Crippen LogP contribution in [0.3, 0.4) is 0 Å². The fourth-order valence-corrected chi connectivity index (χ4v) is 7.18. The molecule has 0 radical (unpaired) electrons. The molecular weight excluding hydrogens is 927 g/mol. The van der Waals surface area contributed by atoms with Crippen LogP contribution in [0.25, 0.3) is 0 Å². The Bertz CT molecular complexity index is 1970. The van der Waals surface area contributed by atoms with Gasteiger partial charge < -0.3 is 70.4 Å². The number of hydrogen-bond acceptors (Lipinski definition) is 13. The van der Waals surface area contributed by atoms with Crippen molar-refractivity contribution < 1.29 is 63.0 Å². The summed E-state index contributed by atoms with van der Waals surface area (Å²) in [4.78, 5) is 144. The van der Waals surface area contributed by atoms with Gasteiger partial charge in [-0.1, -0.05) is 78.3 Å². The minimum absolute atomic E-state index is 0.0146. The summed E-state index contributed by atoms with van der Waals surface area (Å²) < 4.78 is 0. The van der Waals surface area contributed by atoms with E-state index in [0.717, 1.165) is 0 Å². The minimum atomic E-state index is -1.66. The predicted octanol–water partition coefficient (Wildman–Crippen LogP) is -1.69. The highest BCUT2D eigenvalue weighted by Crippen LogP contribution is 2.14. The second kappa shape index (κ2) is 32.2. The molecule has 0 aromatic heterocycles. The van der Waals surface area contributed by atoms with Gasteiger partial charge in [-0.25, -0.2) is 4.79 Å². The lowest BCUT2D eigenvalue weighted by atomic mass is 9.96. The summed E-state index contributed by atoms with van der Waals surface area (Å²) in [6, 6.07) is -2.72. The Kier molecular flexibility index (Phi) is 28.3. The average Bonchev–Trinajstić information content (AvgIpc) is 3.29. The van der Waals surface area contributed by atoms with E-state index in [1.165, 1.54) is 0 Å². The van der Waals surface area contributed by atoms with Gasteiger partial charge in [0.25, 0.3) is 0 Å². The SMILES string of the molecule is CC[C@H](C)[C@H](NC(=O)[C@H](CC(C)C)NC(=O)[C@H](Cc1ccccc1)NC(=O)[C@H](CCC(=O)O)NC(=O)[C@@H](N)CCC(N)=O)C(=O)N[C@@H](CC(N)=O)C(=O)N[C@@H](CC(C)C)C(=O)N[C@@H](CCCCN)C(=O)O. The zero-order valence-electron chi connectivity index (χ0n) is 41.6. The maximum atomic E-state index is 14.3. The maximum absolute atomic E-state index is 14.3. The molecule has 0 aliphatic rings. The second-order valence-electron chi connectivity index (χ2n) is 18.5. The largest absolute Gasteiger partial charge is 0.481 e. The molecule has 1 rings (SSSR count). The van der Waals surface area contributed by atoms with Crippen molar-refractivity contribution in [1.29, 1.82) is 0 Å². The van der Waals surface area contributed by atoms with E-state index >= 15 is 0 Å². The van der Waals surface area contributed by atoms with E-state index in [4.69, 9.17) is 22.9 Å². The average molecular weight is 1000 g/mol. The molecule has 0 saturated heterocycles. The standard InChI is InChI=1S/C47H77N11O13/c1-7-27(6)39(46(69)57-35(24-37(51)60)44(67)54-32(21-25(2)3)42(65)53-31(47(70)71)15-11-12-20-48)58-45(68)33(22-26(4)5)55-43(66)34(23-28-13-9-8-10-14-28)56-41(64)30(17-19-38(61)62)52-40(63)29(49)16-18-36(50)59/h8-10,13-14,25-27,29-35,39H,7,11-12,15-24,48-49H2,1-6H3,(H2,50,59)(H2,51,60)(H,52,63)(H,53,65)(H,54,67)(H,55,66)(H,56,64)(H,57,69)(H,58,68)(H,61,62)(H,70,71)/t27-,29-,30-,31-,32-,33-,34-,35-,39-/m0/s1. The van der Waals surface area contributed by atoms with E-state index in [1.54, 1.807) is 71.9 Å². The molecule has 24 heteroatoms. The number of nitrogens with two attached hydrogens (primary N) is 4. The summed E-state index contributed by atoms with van der Waals surface area (Å²) in [5.74, 6) is -11.6. The molecule has 0 unspecified atom stereocenters. The van der Waals surface area contributed by atoms with Gasteiger partial charge in [0.05, 0.1) is 12.5 Å². The molecule has 9 amide bonds. The number of carbonyl (C=O) groups is 11. The molecular formula is C47H77N11O13. The molecule has 9 atom stereocenters. The van der Waals surface area contributed by atoms with E-state index in [9.17, 15) is 63.0 Å². The van der Waals surface area contributed by atoms with Crippen molar-refractivity contribution >= 4 is 65.1 Å². The van der Waals surface area contributed by atoms with Gasteiger partial charge in [0.15, 0.2) is 0 Å². The van der Waals surface area contributed by atoms with Gasteiger partial charge in [0.2, 0.25) is 53.2 Å². The molecule has 0 fully saturated rings. The Morgan fingerprint density at radius 3 is 1.51 bits per heavy atom. The molecule has 0 bridgehead atoms. The summed E-state index contributed by atoms with van der Waals surface area (Å²) in [5.41, 5.74) is 22.7. The van der Waals surface area contributed by atoms with Gasteiger partial charge >= 0.3 is 11.9 Å². The highest BCUT2D eigenvalue weighted by molar-refractivity contribution is 5.99. The minimum Gasteiger partial charge on any atom is -0.481 e. The molecule has 0 aliphatic heterocycles. The number of carboxylic acids is 2. The molecule has 0 aliphatic carbocycles. The second-order valence-corrected chi connectivity index (χ2v) is 18.5. The lowest BCUT2D eigenvalue weighted by Crippen LogP contribution is -2.61. The molecule has 0 heterocycles. The summed E-state index contributed by atoms with van der Waals surface area (Å²) in [6.45, 7) is 10.7. The number of carbonyl (C=O) groups excluding carboxylic acids is 9. The topological polar surface area (TPSA) is 417 Å². The highest BCUT2D eigenvalue weighted by Gasteiger charge is 2.36. The number of unbranched alkanes of at least 4 members (excludes halogenated alkanes) is 1. The molecule has 0 spiro atoms. The fourth-order valence-electron chi connectivity index (χ4n) is 7.18. The van der Waals surface area contributed by atoms with E-state index in [-0.39, 0.29) is 50.4 Å². The maximum Gasteiger partial charge on any atom is 0.326 e. The number of hydrogen-bond donors (Lipinski definition) is 13. The first-order valence-corrected chi connectivity index (χ1v) is 23.9. The van der Waals surface area contributed by atoms with Crippen molar-refractivity contribution in [2.75, 3.05) is 6.54 Å². The summed E-state index contributed by atoms with van der Waals surface area (Å²) in [7, 11) is 0. The smallest absolute Gasteiger partial charge is 0.326 e. The quantitative estimate of drug-likeness (QED) is 0.0338. The Balaban J connectivity index is 3.52. The molecule has 1 aromatic rings. The van der Waals surface area contributed by atoms with Gasteiger partial charge in [-0.15, -0.1) is 0 Å². The van der Waals surface area contributed by atoms with Crippen LogP contribution in [0.4, 0.5) is 0 Å². The number of carboxylic acid groups (broad SMARTS) is 2. The summed E-state index contributed by atoms with van der Waals surface area (Å²) in [5, 5.41) is 36.9. The Labute approximate surface area is 414 Å². The fraction of sp³-hybridized carbons (Fsp3) is 0.638. The number of benzene rings is 1. The zero-order chi connectivity index (χ0) is 54.0. The monoisotopic (exact) mass is 1000 g/mol. The first kappa shape index (κ1) is 62.3. The van der Waals surface area contributed by atoms with Crippen molar-refractivity contribution in [2.24, 2.45) is 40.7 Å². The lowest BCUT2D eigenvalue weighted by molar-refractivity contribution is -0.143. The van der Waals surface area contributed by atoms with Crippen LogP contribution in [-0.2, 0) is 59.2 Å². The van der Waals surface area contributed by atoms with Gasteiger partial charge in [0.1, 0.15) is 42.3 Å². The van der Waals surface area contributed by atoms with Crippen molar-refractivity contribution in [3.63, 3.8) is 0 Å². The van der Waals surface area contributed by atoms with Crippen molar-refractivity contribution in [3.05, 3.63) is 35.9 Å². The summed E-state index contributed by atoms with van der Waals surface area (Å²) >= 11 is 0. The van der Waals surface area contributed by atoms with E-state index in [1.807, 2.05) is 0 Å². The van der Waals surface area contributed by atoms with Crippen molar-refractivity contribution in [2.45, 2.75) is 167 Å². The predicted molar refractivity (Wildman–Crippen MR) is 260 cm³/mol. The third-order valence-corrected chi connectivity index (χ3v) is 11.3.